The van der Waals surface area contributed by atoms with Crippen LogP contribution in [-0.4, -0.2) is 46.3 Å². The molecule has 2 atom stereocenters. The molecule has 4 rings (SSSR count). The number of amides is 1. The second kappa shape index (κ2) is 7.35. The fourth-order valence-electron chi connectivity index (χ4n) is 5.37. The molecule has 0 N–H and O–H groups in total. The van der Waals surface area contributed by atoms with E-state index in [9.17, 15) is 9.18 Å². The van der Waals surface area contributed by atoms with Crippen molar-refractivity contribution in [1.82, 2.24) is 14.3 Å². The van der Waals surface area contributed by atoms with E-state index < -0.39 is 0 Å². The maximum Gasteiger partial charge on any atom is 0.242 e. The van der Waals surface area contributed by atoms with Crippen molar-refractivity contribution < 1.29 is 9.18 Å². The third-order valence-corrected chi connectivity index (χ3v) is 7.04. The zero-order chi connectivity index (χ0) is 20.8. The van der Waals surface area contributed by atoms with E-state index in [2.05, 4.69) is 35.0 Å². The average Bonchev–Trinajstić information content (AvgIpc) is 3.18. The molecule has 1 aliphatic heterocycles. The third-order valence-electron chi connectivity index (χ3n) is 6.17. The first kappa shape index (κ1) is 20.3. The molecule has 1 amide bonds. The molecule has 1 saturated heterocycles. The van der Waals surface area contributed by atoms with Crippen molar-refractivity contribution in [2.24, 2.45) is 10.8 Å². The SMILES string of the molecule is CN(CC(=O)N1C[C@]2(C)C[C@H]1CC(C)(C)C2)c1nc(Cc2ccc(F)cc2)ns1. The molecule has 29 heavy (non-hydrogen) atoms. The molecule has 1 aromatic carbocycles. The van der Waals surface area contributed by atoms with Crippen molar-refractivity contribution in [1.29, 1.82) is 0 Å². The molecule has 2 bridgehead atoms. The van der Waals surface area contributed by atoms with E-state index in [0.29, 0.717) is 30.2 Å². The lowest BCUT2D eigenvalue weighted by atomic mass is 9.65. The Kier molecular flexibility index (Phi) is 5.13. The molecule has 2 fully saturated rings. The van der Waals surface area contributed by atoms with Gasteiger partial charge in [-0.05, 0) is 47.8 Å². The minimum atomic E-state index is -0.248. The molecule has 156 valence electrons. The fourth-order valence-corrected chi connectivity index (χ4v) is 6.01. The average molecular weight is 417 g/mol. The summed E-state index contributed by atoms with van der Waals surface area (Å²) in [7, 11) is 1.90. The van der Waals surface area contributed by atoms with Gasteiger partial charge in [-0.1, -0.05) is 32.9 Å². The molecule has 7 heteroatoms. The minimum absolute atomic E-state index is 0.175. The Hall–Kier alpha value is -2.02. The molecule has 2 aliphatic rings. The number of fused-ring (bicyclic) bond motifs is 2. The van der Waals surface area contributed by atoms with Crippen LogP contribution in [0.4, 0.5) is 9.52 Å². The van der Waals surface area contributed by atoms with Crippen LogP contribution in [0.2, 0.25) is 0 Å². The summed E-state index contributed by atoms with van der Waals surface area (Å²) >= 11 is 1.30. The highest BCUT2D eigenvalue weighted by atomic mass is 32.1. The summed E-state index contributed by atoms with van der Waals surface area (Å²) < 4.78 is 17.5. The maximum absolute atomic E-state index is 13.1. The molecule has 1 saturated carbocycles. The molecule has 2 heterocycles. The Balaban J connectivity index is 1.38. The van der Waals surface area contributed by atoms with Gasteiger partial charge in [0.2, 0.25) is 11.0 Å². The van der Waals surface area contributed by atoms with Crippen molar-refractivity contribution in [2.75, 3.05) is 25.0 Å². The molecule has 0 unspecified atom stereocenters. The summed E-state index contributed by atoms with van der Waals surface area (Å²) in [6, 6.07) is 6.74. The van der Waals surface area contributed by atoms with Crippen molar-refractivity contribution in [3.05, 3.63) is 41.5 Å². The van der Waals surface area contributed by atoms with Crippen molar-refractivity contribution >= 4 is 22.6 Å². The molecule has 2 aromatic rings. The van der Waals surface area contributed by atoms with Gasteiger partial charge < -0.3 is 9.80 Å². The monoisotopic (exact) mass is 416 g/mol. The largest absolute Gasteiger partial charge is 0.341 e. The van der Waals surface area contributed by atoms with Gasteiger partial charge in [-0.25, -0.2) is 9.37 Å². The van der Waals surface area contributed by atoms with Gasteiger partial charge in [0.1, 0.15) is 11.6 Å². The molecule has 1 aromatic heterocycles. The number of hydrogen-bond acceptors (Lipinski definition) is 5. The number of likely N-dealkylation sites (tertiary alicyclic amines) is 1. The Labute approximate surface area is 176 Å². The number of hydrogen-bond donors (Lipinski definition) is 0. The van der Waals surface area contributed by atoms with Crippen LogP contribution in [-0.2, 0) is 11.2 Å². The Morgan fingerprint density at radius 3 is 2.72 bits per heavy atom. The topological polar surface area (TPSA) is 49.3 Å². The second-order valence-electron chi connectivity index (χ2n) is 9.89. The maximum atomic E-state index is 13.1. The number of anilines is 1. The number of nitrogens with zero attached hydrogens (tertiary/aromatic N) is 4. The molecular formula is C22H29FN4OS. The summed E-state index contributed by atoms with van der Waals surface area (Å²) in [6.45, 7) is 8.14. The van der Waals surface area contributed by atoms with E-state index in [1.165, 1.54) is 30.1 Å². The van der Waals surface area contributed by atoms with Crippen molar-refractivity contribution in [3.63, 3.8) is 0 Å². The van der Waals surface area contributed by atoms with Crippen LogP contribution in [0.5, 0.6) is 0 Å². The Bertz CT molecular complexity index is 896. The predicted molar refractivity (Wildman–Crippen MR) is 114 cm³/mol. The van der Waals surface area contributed by atoms with Gasteiger partial charge in [0.05, 0.1) is 6.54 Å². The fraction of sp³-hybridized carbons (Fsp3) is 0.591. The minimum Gasteiger partial charge on any atom is -0.341 e. The first-order valence-electron chi connectivity index (χ1n) is 10.2. The smallest absolute Gasteiger partial charge is 0.242 e. The van der Waals surface area contributed by atoms with Crippen LogP contribution >= 0.6 is 11.5 Å². The van der Waals surface area contributed by atoms with Gasteiger partial charge in [-0.3, -0.25) is 4.79 Å². The number of carbonyl (C=O) groups excluding carboxylic acids is 1. The third kappa shape index (κ3) is 4.44. The van der Waals surface area contributed by atoms with E-state index >= 15 is 0 Å². The highest BCUT2D eigenvalue weighted by Gasteiger charge is 2.50. The number of aromatic nitrogens is 2. The molecule has 1 aliphatic carbocycles. The zero-order valence-electron chi connectivity index (χ0n) is 17.6. The van der Waals surface area contributed by atoms with Crippen molar-refractivity contribution in [2.45, 2.75) is 52.5 Å². The van der Waals surface area contributed by atoms with E-state index in [1.54, 1.807) is 12.1 Å². The van der Waals surface area contributed by atoms with Crippen LogP contribution in [0.1, 0.15) is 51.4 Å². The van der Waals surface area contributed by atoms with Gasteiger partial charge in [-0.15, -0.1) is 0 Å². The predicted octanol–water partition coefficient (Wildman–Crippen LogP) is 4.13. The summed E-state index contributed by atoms with van der Waals surface area (Å²) in [6.07, 6.45) is 3.94. The molecular weight excluding hydrogens is 387 g/mol. The number of rotatable bonds is 5. The molecule has 0 radical (unpaired) electrons. The van der Waals surface area contributed by atoms with Gasteiger partial charge in [-0.2, -0.15) is 4.37 Å². The number of carbonyl (C=O) groups is 1. The number of halogens is 1. The van der Waals surface area contributed by atoms with Crippen LogP contribution in [0.15, 0.2) is 24.3 Å². The van der Waals surface area contributed by atoms with Gasteiger partial charge in [0.25, 0.3) is 0 Å². The highest BCUT2D eigenvalue weighted by molar-refractivity contribution is 7.09. The lowest BCUT2D eigenvalue weighted by Crippen LogP contribution is -2.42. The lowest BCUT2D eigenvalue weighted by molar-refractivity contribution is -0.130. The summed E-state index contributed by atoms with van der Waals surface area (Å²) in [5.74, 6) is 0.624. The van der Waals surface area contributed by atoms with Crippen LogP contribution in [0.25, 0.3) is 0 Å². The second-order valence-corrected chi connectivity index (χ2v) is 10.6. The quantitative estimate of drug-likeness (QED) is 0.735. The van der Waals surface area contributed by atoms with E-state index in [-0.39, 0.29) is 17.1 Å². The lowest BCUT2D eigenvalue weighted by Gasteiger charge is -2.39. The normalized spacial score (nSPS) is 25.3. The van der Waals surface area contributed by atoms with Crippen LogP contribution in [0.3, 0.4) is 0 Å². The van der Waals surface area contributed by atoms with Gasteiger partial charge in [0, 0.05) is 37.6 Å². The number of likely N-dealkylation sites (N-methyl/N-ethyl adjacent to an activating group) is 1. The Morgan fingerprint density at radius 1 is 1.28 bits per heavy atom. The van der Waals surface area contributed by atoms with Crippen molar-refractivity contribution in [3.8, 4) is 0 Å². The van der Waals surface area contributed by atoms with E-state index in [1.807, 2.05) is 11.9 Å². The van der Waals surface area contributed by atoms with Crippen LogP contribution < -0.4 is 4.90 Å². The summed E-state index contributed by atoms with van der Waals surface area (Å²) in [5.41, 5.74) is 1.51. The first-order chi connectivity index (χ1) is 13.6. The van der Waals surface area contributed by atoms with Gasteiger partial charge >= 0.3 is 0 Å². The standard InChI is InChI=1S/C22H29FN4OS/c1-21(2)10-17-11-22(3,13-21)14-27(17)19(28)12-26(4)20-24-18(25-29-20)9-15-5-7-16(23)8-6-15/h5-8,17H,9-14H2,1-4H3/t17-,22-/m1/s1. The molecule has 0 spiro atoms. The summed E-state index contributed by atoms with van der Waals surface area (Å²) in [4.78, 5) is 21.6. The molecule has 5 nitrogen and oxygen atoms in total. The number of benzene rings is 1. The Morgan fingerprint density at radius 2 is 2.00 bits per heavy atom. The summed E-state index contributed by atoms with van der Waals surface area (Å²) in [5, 5.41) is 0.740. The van der Waals surface area contributed by atoms with E-state index in [0.717, 1.165) is 30.1 Å². The van der Waals surface area contributed by atoms with E-state index in [4.69, 9.17) is 0 Å². The van der Waals surface area contributed by atoms with Crippen LogP contribution in [0, 0.1) is 16.6 Å². The van der Waals surface area contributed by atoms with Gasteiger partial charge in [0.15, 0.2) is 0 Å². The first-order valence-corrected chi connectivity index (χ1v) is 11.0. The highest BCUT2D eigenvalue weighted by Crippen LogP contribution is 2.52. The zero-order valence-corrected chi connectivity index (χ0v) is 18.4.